The van der Waals surface area contributed by atoms with Crippen molar-refractivity contribution in [2.24, 2.45) is 17.8 Å². The van der Waals surface area contributed by atoms with E-state index in [-0.39, 0.29) is 5.92 Å². The van der Waals surface area contributed by atoms with Gasteiger partial charge in [-0.2, -0.15) is 13.2 Å². The minimum Gasteiger partial charge on any atom is -0.359 e. The Bertz CT molecular complexity index is 264. The van der Waals surface area contributed by atoms with Gasteiger partial charge in [0.2, 0.25) is 0 Å². The Morgan fingerprint density at radius 1 is 1.12 bits per heavy atom. The van der Waals surface area contributed by atoms with Gasteiger partial charge < -0.3 is 4.74 Å². The van der Waals surface area contributed by atoms with Gasteiger partial charge in [0.15, 0.2) is 6.10 Å². The molecule has 17 heavy (non-hydrogen) atoms. The van der Waals surface area contributed by atoms with Gasteiger partial charge in [0.1, 0.15) is 0 Å². The Kier molecular flexibility index (Phi) is 3.71. The molecule has 2 fully saturated rings. The van der Waals surface area contributed by atoms with Crippen LogP contribution in [0.3, 0.4) is 0 Å². The summed E-state index contributed by atoms with van der Waals surface area (Å²) in [5.74, 6) is 1.19. The van der Waals surface area contributed by atoms with E-state index in [1.165, 1.54) is 6.42 Å². The summed E-state index contributed by atoms with van der Waals surface area (Å²) in [6.07, 6.45) is -0.582. The Balaban J connectivity index is 1.86. The van der Waals surface area contributed by atoms with Gasteiger partial charge in [0.25, 0.3) is 0 Å². The molecule has 0 aromatic rings. The van der Waals surface area contributed by atoms with Gasteiger partial charge in [-0.3, -0.25) is 0 Å². The molecule has 1 heterocycles. The zero-order chi connectivity index (χ0) is 12.6. The van der Waals surface area contributed by atoms with Crippen molar-refractivity contribution in [1.82, 2.24) is 0 Å². The van der Waals surface area contributed by atoms with Crippen molar-refractivity contribution in [1.29, 1.82) is 0 Å². The molecule has 100 valence electrons. The molecule has 0 amide bonds. The second-order valence-corrected chi connectivity index (χ2v) is 5.80. The molecule has 1 aliphatic heterocycles. The van der Waals surface area contributed by atoms with Crippen LogP contribution in [-0.2, 0) is 4.74 Å². The minimum atomic E-state index is -4.17. The summed E-state index contributed by atoms with van der Waals surface area (Å²) in [4.78, 5) is 0. The van der Waals surface area contributed by atoms with E-state index in [2.05, 4.69) is 6.92 Å². The quantitative estimate of drug-likeness (QED) is 0.529. The van der Waals surface area contributed by atoms with Crippen LogP contribution in [0.5, 0.6) is 0 Å². The topological polar surface area (TPSA) is 12.5 Å². The van der Waals surface area contributed by atoms with E-state index < -0.39 is 18.4 Å². The van der Waals surface area contributed by atoms with Gasteiger partial charge in [-0.05, 0) is 24.2 Å². The Labute approximate surface area is 101 Å². The van der Waals surface area contributed by atoms with Crippen LogP contribution >= 0.6 is 0 Å². The van der Waals surface area contributed by atoms with Crippen molar-refractivity contribution in [2.45, 2.75) is 64.3 Å². The van der Waals surface area contributed by atoms with Gasteiger partial charge in [-0.1, -0.05) is 39.5 Å². The Hall–Kier alpha value is -0.250. The molecule has 1 saturated heterocycles. The van der Waals surface area contributed by atoms with Crippen LogP contribution in [0.25, 0.3) is 0 Å². The number of hydrogen-bond acceptors (Lipinski definition) is 1. The SMILES string of the molecule is CC1CCCC(C(C)C2OC2C(F)(F)F)CC1. The van der Waals surface area contributed by atoms with E-state index in [1.807, 2.05) is 6.92 Å². The van der Waals surface area contributed by atoms with Crippen molar-refractivity contribution < 1.29 is 17.9 Å². The standard InChI is InChI=1S/C13H21F3O/c1-8-4-3-5-10(7-6-8)9(2)11-12(17-11)13(14,15)16/h8-12H,3-7H2,1-2H3. The summed E-state index contributed by atoms with van der Waals surface area (Å²) >= 11 is 0. The number of rotatable bonds is 2. The molecule has 4 heteroatoms. The predicted octanol–water partition coefficient (Wildman–Crippen LogP) is 4.17. The van der Waals surface area contributed by atoms with Crippen molar-refractivity contribution in [3.05, 3.63) is 0 Å². The summed E-state index contributed by atoms with van der Waals surface area (Å²) in [7, 11) is 0. The second kappa shape index (κ2) is 4.79. The van der Waals surface area contributed by atoms with Crippen molar-refractivity contribution in [3.63, 3.8) is 0 Å². The van der Waals surface area contributed by atoms with E-state index in [9.17, 15) is 13.2 Å². The number of epoxide rings is 1. The molecular formula is C13H21F3O. The van der Waals surface area contributed by atoms with Crippen LogP contribution < -0.4 is 0 Å². The number of halogens is 3. The monoisotopic (exact) mass is 250 g/mol. The van der Waals surface area contributed by atoms with Gasteiger partial charge in [-0.15, -0.1) is 0 Å². The molecular weight excluding hydrogens is 229 g/mol. The maximum Gasteiger partial charge on any atom is 0.417 e. The summed E-state index contributed by atoms with van der Waals surface area (Å²) in [6, 6.07) is 0. The van der Waals surface area contributed by atoms with Crippen LogP contribution in [0.15, 0.2) is 0 Å². The normalized spacial score (nSPS) is 40.8. The molecule has 2 aliphatic rings. The average Bonchev–Trinajstić information content (AvgIpc) is 2.99. The highest BCUT2D eigenvalue weighted by Gasteiger charge is 2.60. The van der Waals surface area contributed by atoms with Crippen LogP contribution in [0, 0.1) is 17.8 Å². The van der Waals surface area contributed by atoms with E-state index in [4.69, 9.17) is 4.74 Å². The van der Waals surface area contributed by atoms with Gasteiger partial charge in [-0.25, -0.2) is 0 Å². The Morgan fingerprint density at radius 3 is 2.41 bits per heavy atom. The third-order valence-electron chi connectivity index (χ3n) is 4.41. The molecule has 0 aromatic carbocycles. The molecule has 1 nitrogen and oxygen atoms in total. The second-order valence-electron chi connectivity index (χ2n) is 5.80. The highest BCUT2D eigenvalue weighted by atomic mass is 19.4. The van der Waals surface area contributed by atoms with Crippen molar-refractivity contribution in [2.75, 3.05) is 0 Å². The fourth-order valence-electron chi connectivity index (χ4n) is 3.10. The fourth-order valence-corrected chi connectivity index (χ4v) is 3.10. The van der Waals surface area contributed by atoms with Crippen molar-refractivity contribution >= 4 is 0 Å². The molecule has 5 unspecified atom stereocenters. The van der Waals surface area contributed by atoms with E-state index in [1.54, 1.807) is 0 Å². The van der Waals surface area contributed by atoms with Gasteiger partial charge in [0, 0.05) is 0 Å². The molecule has 2 rings (SSSR count). The lowest BCUT2D eigenvalue weighted by Crippen LogP contribution is -2.25. The van der Waals surface area contributed by atoms with E-state index >= 15 is 0 Å². The van der Waals surface area contributed by atoms with Crippen molar-refractivity contribution in [3.8, 4) is 0 Å². The molecule has 0 aromatic heterocycles. The zero-order valence-corrected chi connectivity index (χ0v) is 10.5. The minimum absolute atomic E-state index is 0.0481. The van der Waals surface area contributed by atoms with Gasteiger partial charge >= 0.3 is 6.18 Å². The number of ether oxygens (including phenoxy) is 1. The molecule has 0 spiro atoms. The first kappa shape index (κ1) is 13.2. The maximum absolute atomic E-state index is 12.4. The third kappa shape index (κ3) is 3.15. The lowest BCUT2D eigenvalue weighted by atomic mass is 9.84. The predicted molar refractivity (Wildman–Crippen MR) is 59.6 cm³/mol. The first-order chi connectivity index (χ1) is 7.89. The van der Waals surface area contributed by atoms with Crippen LogP contribution in [0.2, 0.25) is 0 Å². The fraction of sp³-hybridized carbons (Fsp3) is 1.00. The molecule has 5 atom stereocenters. The summed E-state index contributed by atoms with van der Waals surface area (Å²) < 4.78 is 42.1. The maximum atomic E-state index is 12.4. The van der Waals surface area contributed by atoms with Crippen LogP contribution in [-0.4, -0.2) is 18.4 Å². The number of alkyl halides is 3. The molecule has 1 aliphatic carbocycles. The van der Waals surface area contributed by atoms with E-state index in [0.717, 1.165) is 31.6 Å². The summed E-state index contributed by atoms with van der Waals surface area (Å²) in [5.41, 5.74) is 0. The smallest absolute Gasteiger partial charge is 0.359 e. The first-order valence-corrected chi connectivity index (χ1v) is 6.61. The van der Waals surface area contributed by atoms with Gasteiger partial charge in [0.05, 0.1) is 6.10 Å². The Morgan fingerprint density at radius 2 is 1.82 bits per heavy atom. The first-order valence-electron chi connectivity index (χ1n) is 6.61. The molecule has 0 bridgehead atoms. The highest BCUT2D eigenvalue weighted by Crippen LogP contribution is 2.45. The summed E-state index contributed by atoms with van der Waals surface area (Å²) in [5, 5.41) is 0. The molecule has 1 saturated carbocycles. The highest BCUT2D eigenvalue weighted by molar-refractivity contribution is 4.96. The van der Waals surface area contributed by atoms with E-state index in [0.29, 0.717) is 5.92 Å². The average molecular weight is 250 g/mol. The number of hydrogen-bond donors (Lipinski definition) is 0. The lowest BCUT2D eigenvalue weighted by Gasteiger charge is -2.21. The van der Waals surface area contributed by atoms with Crippen LogP contribution in [0.1, 0.15) is 46.0 Å². The zero-order valence-electron chi connectivity index (χ0n) is 10.5. The largest absolute Gasteiger partial charge is 0.417 e. The molecule has 0 N–H and O–H groups in total. The summed E-state index contributed by atoms with van der Waals surface area (Å²) in [6.45, 7) is 4.16. The van der Waals surface area contributed by atoms with Crippen LogP contribution in [0.4, 0.5) is 13.2 Å². The molecule has 0 radical (unpaired) electrons. The lowest BCUT2D eigenvalue weighted by molar-refractivity contribution is -0.146. The third-order valence-corrected chi connectivity index (χ3v) is 4.41.